The van der Waals surface area contributed by atoms with Gasteiger partial charge in [-0.25, -0.2) is 0 Å². The van der Waals surface area contributed by atoms with Crippen LogP contribution in [0.4, 0.5) is 0 Å². The molecule has 3 unspecified atom stereocenters. The Labute approximate surface area is 137 Å². The summed E-state index contributed by atoms with van der Waals surface area (Å²) in [4.78, 5) is 12.6. The maximum absolute atomic E-state index is 12.6. The van der Waals surface area contributed by atoms with E-state index in [1.165, 1.54) is 32.1 Å². The fraction of sp³-hybridized carbons (Fsp3) is 0.611. The van der Waals surface area contributed by atoms with Gasteiger partial charge in [-0.1, -0.05) is 48.9 Å². The Morgan fingerprint density at radius 1 is 1.05 bits per heavy atom. The third kappa shape index (κ3) is 3.63. The van der Waals surface area contributed by atoms with Gasteiger partial charge < -0.3 is 0 Å². The highest BCUT2D eigenvalue weighted by atomic mass is 35.5. The van der Waals surface area contributed by atoms with Gasteiger partial charge in [0.2, 0.25) is 0 Å². The molecule has 0 heterocycles. The summed E-state index contributed by atoms with van der Waals surface area (Å²) in [5.74, 6) is 2.26. The van der Waals surface area contributed by atoms with E-state index in [1.54, 1.807) is 12.1 Å². The Hall–Kier alpha value is -0.530. The average molecular weight is 325 g/mol. The molecule has 2 aliphatic rings. The molecule has 0 N–H and O–H groups in total. The lowest BCUT2D eigenvalue weighted by Crippen LogP contribution is -2.31. The predicted octanol–water partition coefficient (Wildman–Crippen LogP) is 5.71. The van der Waals surface area contributed by atoms with Crippen LogP contribution in [0, 0.1) is 17.8 Å². The molecule has 2 saturated carbocycles. The molecule has 0 aliphatic heterocycles. The molecule has 1 aromatic rings. The Morgan fingerprint density at radius 3 is 2.62 bits per heavy atom. The van der Waals surface area contributed by atoms with Gasteiger partial charge in [0.25, 0.3) is 0 Å². The zero-order valence-corrected chi connectivity index (χ0v) is 13.8. The second-order valence-corrected chi connectivity index (χ2v) is 7.54. The van der Waals surface area contributed by atoms with Crippen LogP contribution in [0.5, 0.6) is 0 Å². The summed E-state index contributed by atoms with van der Waals surface area (Å²) in [6.45, 7) is 0. The summed E-state index contributed by atoms with van der Waals surface area (Å²) in [6.07, 6.45) is 9.28. The van der Waals surface area contributed by atoms with E-state index in [2.05, 4.69) is 0 Å². The van der Waals surface area contributed by atoms with Crippen LogP contribution in [0.15, 0.2) is 18.2 Å². The minimum absolute atomic E-state index is 0.236. The number of carbonyl (C=O) groups is 1. The topological polar surface area (TPSA) is 17.1 Å². The molecule has 2 fully saturated rings. The van der Waals surface area contributed by atoms with Crippen LogP contribution in [0.2, 0.25) is 10.0 Å². The zero-order chi connectivity index (χ0) is 14.8. The highest BCUT2D eigenvalue weighted by Gasteiger charge is 2.34. The lowest BCUT2D eigenvalue weighted by atomic mass is 9.66. The van der Waals surface area contributed by atoms with Crippen molar-refractivity contribution in [2.75, 3.05) is 0 Å². The monoisotopic (exact) mass is 324 g/mol. The van der Waals surface area contributed by atoms with Gasteiger partial charge in [0.1, 0.15) is 5.78 Å². The lowest BCUT2D eigenvalue weighted by molar-refractivity contribution is -0.124. The Balaban J connectivity index is 1.64. The average Bonchev–Trinajstić information content (AvgIpc) is 2.50. The van der Waals surface area contributed by atoms with Gasteiger partial charge >= 0.3 is 0 Å². The zero-order valence-electron chi connectivity index (χ0n) is 12.3. The van der Waals surface area contributed by atoms with Gasteiger partial charge in [-0.3, -0.25) is 4.79 Å². The van der Waals surface area contributed by atoms with E-state index >= 15 is 0 Å². The van der Waals surface area contributed by atoms with E-state index in [9.17, 15) is 4.79 Å². The lowest BCUT2D eigenvalue weighted by Gasteiger charge is -2.38. The van der Waals surface area contributed by atoms with Gasteiger partial charge in [-0.2, -0.15) is 0 Å². The molecule has 21 heavy (non-hydrogen) atoms. The van der Waals surface area contributed by atoms with E-state index in [0.29, 0.717) is 22.2 Å². The molecule has 0 aromatic heterocycles. The smallest absolute Gasteiger partial charge is 0.140 e. The van der Waals surface area contributed by atoms with Crippen molar-refractivity contribution in [3.05, 3.63) is 33.8 Å². The van der Waals surface area contributed by atoms with Crippen molar-refractivity contribution >= 4 is 29.0 Å². The molecule has 0 radical (unpaired) electrons. The summed E-state index contributed by atoms with van der Waals surface area (Å²) >= 11 is 12.2. The molecule has 1 nitrogen and oxygen atoms in total. The number of fused-ring (bicyclic) bond motifs is 1. The number of halogens is 2. The minimum Gasteiger partial charge on any atom is -0.299 e. The van der Waals surface area contributed by atoms with E-state index in [1.807, 2.05) is 6.07 Å². The van der Waals surface area contributed by atoms with Crippen molar-refractivity contribution in [3.63, 3.8) is 0 Å². The second-order valence-electron chi connectivity index (χ2n) is 6.69. The number of carbonyl (C=O) groups excluding carboxylic acids is 1. The first-order valence-electron chi connectivity index (χ1n) is 8.10. The third-order valence-electron chi connectivity index (χ3n) is 5.37. The van der Waals surface area contributed by atoms with Crippen LogP contribution < -0.4 is 0 Å². The molecule has 3 rings (SSSR count). The maximum Gasteiger partial charge on any atom is 0.140 e. The minimum atomic E-state index is 0.236. The van der Waals surface area contributed by atoms with Gasteiger partial charge in [0.15, 0.2) is 0 Å². The molecular formula is C18H22Cl2O. The van der Waals surface area contributed by atoms with Gasteiger partial charge in [0.05, 0.1) is 0 Å². The second kappa shape index (κ2) is 6.71. The van der Waals surface area contributed by atoms with Crippen molar-refractivity contribution < 1.29 is 4.79 Å². The van der Waals surface area contributed by atoms with E-state index < -0.39 is 0 Å². The van der Waals surface area contributed by atoms with Crippen LogP contribution in [0.25, 0.3) is 0 Å². The van der Waals surface area contributed by atoms with Crippen LogP contribution in [0.1, 0.15) is 50.5 Å². The first-order chi connectivity index (χ1) is 10.1. The molecule has 0 saturated heterocycles. The van der Waals surface area contributed by atoms with Gasteiger partial charge in [-0.05, 0) is 54.9 Å². The van der Waals surface area contributed by atoms with Crippen LogP contribution in [-0.4, -0.2) is 5.78 Å². The molecule has 3 heteroatoms. The highest BCUT2D eigenvalue weighted by Crippen LogP contribution is 2.43. The van der Waals surface area contributed by atoms with Crippen LogP contribution in [-0.2, 0) is 11.2 Å². The number of Topliss-reactive ketones (excluding diaryl/α,β-unsaturated/α-hetero) is 1. The summed E-state index contributed by atoms with van der Waals surface area (Å²) in [6, 6.07) is 5.38. The van der Waals surface area contributed by atoms with Crippen molar-refractivity contribution in [1.29, 1.82) is 0 Å². The molecule has 2 aliphatic carbocycles. The third-order valence-corrected chi connectivity index (χ3v) is 5.97. The van der Waals surface area contributed by atoms with Gasteiger partial charge in [-0.15, -0.1) is 0 Å². The van der Waals surface area contributed by atoms with Gasteiger partial charge in [0, 0.05) is 22.4 Å². The van der Waals surface area contributed by atoms with Crippen molar-refractivity contribution in [1.82, 2.24) is 0 Å². The van der Waals surface area contributed by atoms with E-state index in [4.69, 9.17) is 23.2 Å². The fourth-order valence-electron chi connectivity index (χ4n) is 4.18. The normalized spacial score (nSPS) is 29.0. The molecular weight excluding hydrogens is 303 g/mol. The number of hydrogen-bond acceptors (Lipinski definition) is 1. The molecule has 1 aromatic carbocycles. The van der Waals surface area contributed by atoms with Crippen LogP contribution in [0.3, 0.4) is 0 Å². The maximum atomic E-state index is 12.6. The standard InChI is InChI=1S/C18H22Cl2O/c19-16-7-8-17(20)15(10-16)11-18(21)14-6-5-12-3-1-2-4-13(12)9-14/h7-8,10,12-14H,1-6,9,11H2. The summed E-state index contributed by atoms with van der Waals surface area (Å²) in [5, 5.41) is 1.30. The summed E-state index contributed by atoms with van der Waals surface area (Å²) in [5.41, 5.74) is 0.875. The molecule has 3 atom stereocenters. The summed E-state index contributed by atoms with van der Waals surface area (Å²) in [7, 11) is 0. The highest BCUT2D eigenvalue weighted by molar-refractivity contribution is 6.33. The fourth-order valence-corrected chi connectivity index (χ4v) is 4.56. The Morgan fingerprint density at radius 2 is 1.81 bits per heavy atom. The molecule has 0 amide bonds. The SMILES string of the molecule is O=C(Cc1cc(Cl)ccc1Cl)C1CCC2CCCCC2C1. The first-order valence-corrected chi connectivity index (χ1v) is 8.85. The Bertz CT molecular complexity index is 526. The number of ketones is 1. The molecule has 0 bridgehead atoms. The van der Waals surface area contributed by atoms with Crippen molar-refractivity contribution in [2.45, 2.75) is 51.4 Å². The number of rotatable bonds is 3. The quantitative estimate of drug-likeness (QED) is 0.695. The van der Waals surface area contributed by atoms with E-state index in [-0.39, 0.29) is 5.92 Å². The van der Waals surface area contributed by atoms with Crippen molar-refractivity contribution in [2.24, 2.45) is 17.8 Å². The van der Waals surface area contributed by atoms with Crippen molar-refractivity contribution in [3.8, 4) is 0 Å². The molecule has 114 valence electrons. The molecule has 0 spiro atoms. The van der Waals surface area contributed by atoms with E-state index in [0.717, 1.165) is 30.2 Å². The number of hydrogen-bond donors (Lipinski definition) is 0. The van der Waals surface area contributed by atoms with Crippen LogP contribution >= 0.6 is 23.2 Å². The predicted molar refractivity (Wildman–Crippen MR) is 88.0 cm³/mol. The Kier molecular flexibility index (Phi) is 4.91. The first kappa shape index (κ1) is 15.4. The number of benzene rings is 1. The largest absolute Gasteiger partial charge is 0.299 e. The summed E-state index contributed by atoms with van der Waals surface area (Å²) < 4.78 is 0.